The van der Waals surface area contributed by atoms with Gasteiger partial charge in [0, 0.05) is 33.0 Å². The van der Waals surface area contributed by atoms with Gasteiger partial charge in [0.05, 0.1) is 13.1 Å². The topological polar surface area (TPSA) is 146 Å². The number of ether oxygens (including phenoxy) is 2. The quantitative estimate of drug-likeness (QED) is 0.253. The molecule has 1 unspecified atom stereocenters. The average molecular weight is 672 g/mol. The molecular weight excluding hydrogens is 626 g/mol. The molecule has 3 N–H and O–H groups in total. The van der Waals surface area contributed by atoms with Crippen LogP contribution >= 0.6 is 0 Å². The fourth-order valence-corrected chi connectivity index (χ4v) is 5.30. The van der Waals surface area contributed by atoms with Crippen molar-refractivity contribution >= 4 is 29.7 Å². The molecule has 1 aliphatic heterocycles. The van der Waals surface area contributed by atoms with E-state index < -0.39 is 41.5 Å². The molecule has 5 amide bonds. The summed E-state index contributed by atoms with van der Waals surface area (Å²) < 4.78 is 11.5. The van der Waals surface area contributed by atoms with Crippen molar-refractivity contribution < 1.29 is 33.4 Å². The number of nitrogens with zero attached hydrogens (tertiary/aromatic N) is 2. The Labute approximate surface area is 287 Å². The van der Waals surface area contributed by atoms with Crippen LogP contribution in [0, 0.1) is 0 Å². The molecule has 1 aliphatic rings. The molecule has 0 aliphatic carbocycles. The number of rotatable bonds is 13. The SMILES string of the molecule is CNC(=O)[C@H](Cc1ccccc1)NC(=O)CNC(=O)CN1CCN(C(=O)OC(C)(C)C)C(Cc2ccc(OCc3ccccc3)cc2)C1=O. The lowest BCUT2D eigenvalue weighted by Gasteiger charge is -2.40. The van der Waals surface area contributed by atoms with Crippen LogP contribution in [0.25, 0.3) is 0 Å². The Balaban J connectivity index is 1.36. The molecule has 0 bridgehead atoms. The van der Waals surface area contributed by atoms with E-state index in [9.17, 15) is 24.0 Å². The number of nitrogens with one attached hydrogen (secondary N) is 3. The molecule has 0 spiro atoms. The first-order valence-electron chi connectivity index (χ1n) is 16.3. The van der Waals surface area contributed by atoms with Crippen LogP contribution in [0.4, 0.5) is 4.79 Å². The minimum Gasteiger partial charge on any atom is -0.489 e. The molecule has 1 heterocycles. The van der Waals surface area contributed by atoms with E-state index in [1.807, 2.05) is 84.9 Å². The third-order valence-corrected chi connectivity index (χ3v) is 7.77. The number of likely N-dealkylation sites (N-methyl/N-ethyl adjacent to an activating group) is 1. The van der Waals surface area contributed by atoms with Gasteiger partial charge in [0.25, 0.3) is 0 Å². The summed E-state index contributed by atoms with van der Waals surface area (Å²) in [4.78, 5) is 67.7. The number of hydrogen-bond acceptors (Lipinski definition) is 7. The second kappa shape index (κ2) is 17.1. The molecular formula is C37H45N5O7. The van der Waals surface area contributed by atoms with E-state index in [0.29, 0.717) is 12.4 Å². The fourth-order valence-electron chi connectivity index (χ4n) is 5.30. The summed E-state index contributed by atoms with van der Waals surface area (Å²) in [6.07, 6.45) is -0.142. The van der Waals surface area contributed by atoms with Crippen LogP contribution < -0.4 is 20.7 Å². The fraction of sp³-hybridized carbons (Fsp3) is 0.378. The van der Waals surface area contributed by atoms with Crippen LogP contribution in [-0.2, 0) is 43.4 Å². The van der Waals surface area contributed by atoms with Crippen molar-refractivity contribution in [3.63, 3.8) is 0 Å². The second-order valence-electron chi connectivity index (χ2n) is 12.8. The van der Waals surface area contributed by atoms with Crippen molar-refractivity contribution in [2.45, 2.75) is 57.9 Å². The monoisotopic (exact) mass is 671 g/mol. The van der Waals surface area contributed by atoms with Crippen LogP contribution in [0.2, 0.25) is 0 Å². The molecule has 260 valence electrons. The van der Waals surface area contributed by atoms with Gasteiger partial charge in [-0.3, -0.25) is 24.1 Å². The molecule has 1 fully saturated rings. The third-order valence-electron chi connectivity index (χ3n) is 7.77. The molecule has 12 nitrogen and oxygen atoms in total. The van der Waals surface area contributed by atoms with Crippen molar-refractivity contribution in [2.24, 2.45) is 0 Å². The zero-order chi connectivity index (χ0) is 35.4. The van der Waals surface area contributed by atoms with Crippen molar-refractivity contribution in [3.8, 4) is 5.75 Å². The normalized spacial score (nSPS) is 15.2. The van der Waals surface area contributed by atoms with Crippen molar-refractivity contribution in [3.05, 3.63) is 102 Å². The molecule has 2 atom stereocenters. The summed E-state index contributed by atoms with van der Waals surface area (Å²) in [6.45, 7) is 5.26. The number of carbonyl (C=O) groups excluding carboxylic acids is 5. The van der Waals surface area contributed by atoms with Gasteiger partial charge in [0.15, 0.2) is 0 Å². The van der Waals surface area contributed by atoms with Gasteiger partial charge in [-0.25, -0.2) is 4.79 Å². The standard InChI is InChI=1S/C37H45N5O7/c1-37(2,3)49-36(47)42-20-19-41(24-33(44)39-23-32(43)40-30(34(45)38-4)21-26-11-7-5-8-12-26)35(46)31(42)22-27-15-17-29(18-16-27)48-25-28-13-9-6-10-14-28/h5-18,30-31H,19-25H2,1-4H3,(H,38,45)(H,39,44)(H,40,43)/t30-,31?/m0/s1. The number of hydrogen-bond donors (Lipinski definition) is 3. The van der Waals surface area contributed by atoms with E-state index in [-0.39, 0.29) is 44.9 Å². The summed E-state index contributed by atoms with van der Waals surface area (Å²) in [5, 5.41) is 7.75. The van der Waals surface area contributed by atoms with Gasteiger partial charge in [-0.1, -0.05) is 72.8 Å². The molecule has 12 heteroatoms. The molecule has 3 aromatic rings. The highest BCUT2D eigenvalue weighted by Gasteiger charge is 2.40. The van der Waals surface area contributed by atoms with Crippen molar-refractivity contribution in [1.29, 1.82) is 0 Å². The summed E-state index contributed by atoms with van der Waals surface area (Å²) in [5.41, 5.74) is 1.93. The molecule has 49 heavy (non-hydrogen) atoms. The van der Waals surface area contributed by atoms with Crippen molar-refractivity contribution in [2.75, 3.05) is 33.2 Å². The van der Waals surface area contributed by atoms with Gasteiger partial charge in [-0.05, 0) is 49.6 Å². The maximum Gasteiger partial charge on any atom is 0.411 e. The largest absolute Gasteiger partial charge is 0.489 e. The Morgan fingerprint density at radius 3 is 2.08 bits per heavy atom. The van der Waals surface area contributed by atoms with Crippen LogP contribution in [-0.4, -0.2) is 90.4 Å². The second-order valence-corrected chi connectivity index (χ2v) is 12.8. The van der Waals surface area contributed by atoms with E-state index in [0.717, 1.165) is 16.7 Å². The molecule has 0 saturated carbocycles. The average Bonchev–Trinajstić information content (AvgIpc) is 3.08. The van der Waals surface area contributed by atoms with Gasteiger partial charge in [0.2, 0.25) is 23.6 Å². The zero-order valence-corrected chi connectivity index (χ0v) is 28.4. The van der Waals surface area contributed by atoms with Crippen LogP contribution in [0.3, 0.4) is 0 Å². The number of carbonyl (C=O) groups is 5. The Hall–Kier alpha value is -5.39. The van der Waals surface area contributed by atoms with Crippen LogP contribution in [0.1, 0.15) is 37.5 Å². The molecule has 3 aromatic carbocycles. The minimum absolute atomic E-state index is 0.107. The molecule has 0 aromatic heterocycles. The zero-order valence-electron chi connectivity index (χ0n) is 28.4. The third kappa shape index (κ3) is 11.4. The lowest BCUT2D eigenvalue weighted by Crippen LogP contribution is -2.61. The summed E-state index contributed by atoms with van der Waals surface area (Å²) in [6, 6.07) is 24.6. The van der Waals surface area contributed by atoms with Crippen LogP contribution in [0.5, 0.6) is 5.75 Å². The van der Waals surface area contributed by atoms with Gasteiger partial charge in [0.1, 0.15) is 30.0 Å². The lowest BCUT2D eigenvalue weighted by molar-refractivity contribution is -0.144. The van der Waals surface area contributed by atoms with Gasteiger partial charge in [-0.15, -0.1) is 0 Å². The molecule has 4 rings (SSSR count). The highest BCUT2D eigenvalue weighted by molar-refractivity contribution is 5.93. The first-order chi connectivity index (χ1) is 23.4. The molecule has 1 saturated heterocycles. The van der Waals surface area contributed by atoms with E-state index in [1.54, 1.807) is 20.8 Å². The number of amides is 5. The van der Waals surface area contributed by atoms with Gasteiger partial charge >= 0.3 is 6.09 Å². The van der Waals surface area contributed by atoms with Crippen molar-refractivity contribution in [1.82, 2.24) is 25.8 Å². The summed E-state index contributed by atoms with van der Waals surface area (Å²) in [5.74, 6) is -1.21. The van der Waals surface area contributed by atoms with E-state index in [1.165, 1.54) is 16.8 Å². The van der Waals surface area contributed by atoms with Gasteiger partial charge in [-0.2, -0.15) is 0 Å². The van der Waals surface area contributed by atoms with Crippen LogP contribution in [0.15, 0.2) is 84.9 Å². The Kier molecular flexibility index (Phi) is 12.7. The maximum absolute atomic E-state index is 13.8. The van der Waals surface area contributed by atoms with E-state index in [2.05, 4.69) is 16.0 Å². The smallest absolute Gasteiger partial charge is 0.411 e. The van der Waals surface area contributed by atoms with Gasteiger partial charge < -0.3 is 30.3 Å². The lowest BCUT2D eigenvalue weighted by atomic mass is 10.0. The Bertz CT molecular complexity index is 1580. The Morgan fingerprint density at radius 1 is 0.837 bits per heavy atom. The maximum atomic E-state index is 13.8. The summed E-state index contributed by atoms with van der Waals surface area (Å²) in [7, 11) is 1.48. The number of benzene rings is 3. The predicted octanol–water partition coefficient (Wildman–Crippen LogP) is 2.85. The van der Waals surface area contributed by atoms with E-state index in [4.69, 9.17) is 9.47 Å². The van der Waals surface area contributed by atoms with E-state index >= 15 is 0 Å². The summed E-state index contributed by atoms with van der Waals surface area (Å²) >= 11 is 0. The first-order valence-corrected chi connectivity index (χ1v) is 16.3. The highest BCUT2D eigenvalue weighted by Crippen LogP contribution is 2.22. The minimum atomic E-state index is -0.915. The predicted molar refractivity (Wildman–Crippen MR) is 183 cm³/mol. The highest BCUT2D eigenvalue weighted by atomic mass is 16.6. The number of piperazine rings is 1. The molecule has 0 radical (unpaired) electrons. The first kappa shape index (κ1) is 36.4. The Morgan fingerprint density at radius 2 is 1.47 bits per heavy atom.